The van der Waals surface area contributed by atoms with Gasteiger partial charge >= 0.3 is 5.97 Å². The quantitative estimate of drug-likeness (QED) is 0.303. The number of hydrogen-bond acceptors (Lipinski definition) is 6. The summed E-state index contributed by atoms with van der Waals surface area (Å²) in [4.78, 5) is 12.2. The zero-order chi connectivity index (χ0) is 24.2. The molecule has 0 bridgehead atoms. The molecule has 1 atom stereocenters. The monoisotopic (exact) mass is 548 g/mol. The van der Waals surface area contributed by atoms with E-state index in [1.165, 1.54) is 48.5 Å². The van der Waals surface area contributed by atoms with E-state index < -0.39 is 36.1 Å². The third-order valence-corrected chi connectivity index (χ3v) is 11.0. The van der Waals surface area contributed by atoms with Crippen molar-refractivity contribution in [2.75, 3.05) is 7.11 Å². The minimum atomic E-state index is -4.54. The van der Waals surface area contributed by atoms with Gasteiger partial charge < -0.3 is 4.74 Å². The molecular formula is C24H21BrO6S2. The second-order valence-electron chi connectivity index (χ2n) is 7.10. The average Bonchev–Trinajstić information content (AvgIpc) is 2.83. The van der Waals surface area contributed by atoms with E-state index in [4.69, 9.17) is 4.74 Å². The Morgan fingerprint density at radius 1 is 0.788 bits per heavy atom. The van der Waals surface area contributed by atoms with Crippen molar-refractivity contribution in [3.05, 3.63) is 107 Å². The van der Waals surface area contributed by atoms with Crippen molar-refractivity contribution in [3.63, 3.8) is 0 Å². The number of methoxy groups -OCH3 is 1. The summed E-state index contributed by atoms with van der Waals surface area (Å²) in [6.45, 7) is 3.75. The van der Waals surface area contributed by atoms with Crippen LogP contribution in [0.25, 0.3) is 0 Å². The maximum atomic E-state index is 13.9. The average molecular weight is 549 g/mol. The van der Waals surface area contributed by atoms with Gasteiger partial charge in [-0.3, -0.25) is 0 Å². The van der Waals surface area contributed by atoms with Crippen molar-refractivity contribution < 1.29 is 26.4 Å². The molecule has 0 spiro atoms. The van der Waals surface area contributed by atoms with Gasteiger partial charge in [-0.05, 0) is 35.9 Å². The lowest BCUT2D eigenvalue weighted by Crippen LogP contribution is -2.38. The van der Waals surface area contributed by atoms with Gasteiger partial charge in [-0.15, -0.1) is 0 Å². The summed E-state index contributed by atoms with van der Waals surface area (Å²) in [5.74, 6) is -2.37. The Bertz CT molecular complexity index is 1300. The fraction of sp³-hybridized carbons (Fsp3) is 0.125. The largest absolute Gasteiger partial charge is 0.466 e. The maximum absolute atomic E-state index is 13.9. The van der Waals surface area contributed by atoms with Crippen LogP contribution in [0.1, 0.15) is 11.5 Å². The molecule has 33 heavy (non-hydrogen) atoms. The van der Waals surface area contributed by atoms with Crippen LogP contribution in [0.2, 0.25) is 0 Å². The number of halogens is 1. The highest BCUT2D eigenvalue weighted by Crippen LogP contribution is 2.42. The molecule has 0 heterocycles. The van der Waals surface area contributed by atoms with Gasteiger partial charge in [0.2, 0.25) is 0 Å². The standard InChI is InChI=1S/C24H21BrO6S2/c1-17(23(26)31-2)22(20-15-9-10-16-21(20)25)24(32(27,28)18-11-5-3-6-12-18)33(29,30)19-13-7-4-8-14-19/h3-16,22,24H,1H2,2H3/t22-/m0/s1. The van der Waals surface area contributed by atoms with E-state index in [1.807, 2.05) is 0 Å². The zero-order valence-corrected chi connectivity index (χ0v) is 20.8. The molecule has 0 radical (unpaired) electrons. The smallest absolute Gasteiger partial charge is 0.333 e. The highest BCUT2D eigenvalue weighted by atomic mass is 79.9. The number of rotatable bonds is 8. The van der Waals surface area contributed by atoms with E-state index in [0.29, 0.717) is 4.47 Å². The lowest BCUT2D eigenvalue weighted by molar-refractivity contribution is -0.136. The molecule has 0 N–H and O–H groups in total. The van der Waals surface area contributed by atoms with E-state index >= 15 is 0 Å². The first-order valence-corrected chi connectivity index (χ1v) is 13.6. The van der Waals surface area contributed by atoms with Crippen LogP contribution in [0, 0.1) is 0 Å². The van der Waals surface area contributed by atoms with E-state index in [9.17, 15) is 21.6 Å². The van der Waals surface area contributed by atoms with Gasteiger partial charge in [-0.25, -0.2) is 21.6 Å². The lowest BCUT2D eigenvalue weighted by atomic mass is 9.93. The van der Waals surface area contributed by atoms with Gasteiger partial charge in [0, 0.05) is 16.0 Å². The molecule has 0 aliphatic carbocycles. The SMILES string of the molecule is C=C(C(=O)OC)[C@@H](c1ccccc1Br)C(S(=O)(=O)c1ccccc1)S(=O)(=O)c1ccccc1. The molecule has 0 aliphatic rings. The van der Waals surface area contributed by atoms with E-state index in [-0.39, 0.29) is 20.9 Å². The first-order valence-electron chi connectivity index (χ1n) is 9.71. The van der Waals surface area contributed by atoms with Gasteiger partial charge in [0.1, 0.15) is 0 Å². The van der Waals surface area contributed by atoms with Crippen LogP contribution in [0.15, 0.2) is 111 Å². The summed E-state index contributed by atoms with van der Waals surface area (Å²) < 4.78 is 58.8. The highest BCUT2D eigenvalue weighted by molar-refractivity contribution is 9.10. The van der Waals surface area contributed by atoms with Crippen molar-refractivity contribution in [2.45, 2.75) is 20.3 Å². The first kappa shape index (κ1) is 24.9. The molecule has 0 amide bonds. The summed E-state index contributed by atoms with van der Waals surface area (Å²) in [6.07, 6.45) is 0. The summed E-state index contributed by atoms with van der Waals surface area (Å²) >= 11 is 3.37. The second-order valence-corrected chi connectivity index (χ2v) is 12.4. The van der Waals surface area contributed by atoms with Crippen LogP contribution in [-0.4, -0.2) is 34.5 Å². The highest BCUT2D eigenvalue weighted by Gasteiger charge is 2.49. The molecule has 0 aromatic heterocycles. The van der Waals surface area contributed by atoms with Crippen molar-refractivity contribution in [3.8, 4) is 0 Å². The maximum Gasteiger partial charge on any atom is 0.333 e. The molecule has 0 saturated carbocycles. The lowest BCUT2D eigenvalue weighted by Gasteiger charge is -2.29. The molecule has 3 aromatic rings. The second kappa shape index (κ2) is 10.0. The van der Waals surface area contributed by atoms with Crippen LogP contribution in [-0.2, 0) is 29.2 Å². The number of esters is 1. The molecule has 6 nitrogen and oxygen atoms in total. The van der Waals surface area contributed by atoms with Crippen molar-refractivity contribution >= 4 is 41.6 Å². The molecule has 0 aliphatic heterocycles. The van der Waals surface area contributed by atoms with Crippen LogP contribution < -0.4 is 0 Å². The number of ether oxygens (including phenoxy) is 1. The van der Waals surface area contributed by atoms with Crippen molar-refractivity contribution in [2.24, 2.45) is 0 Å². The predicted octanol–water partition coefficient (Wildman–Crippen LogP) is 4.54. The third kappa shape index (κ3) is 4.95. The van der Waals surface area contributed by atoms with Gasteiger partial charge in [0.15, 0.2) is 24.3 Å². The van der Waals surface area contributed by atoms with Gasteiger partial charge in [0.05, 0.1) is 16.9 Å². The number of carbonyl (C=O) groups excluding carboxylic acids is 1. The Morgan fingerprint density at radius 3 is 1.64 bits per heavy atom. The molecule has 0 saturated heterocycles. The van der Waals surface area contributed by atoms with Crippen molar-refractivity contribution in [1.29, 1.82) is 0 Å². The Hall–Kier alpha value is -2.75. The fourth-order valence-corrected chi connectivity index (χ4v) is 8.98. The fourth-order valence-electron chi connectivity index (χ4n) is 3.50. The molecule has 3 rings (SSSR count). The minimum Gasteiger partial charge on any atom is -0.466 e. The number of hydrogen-bond donors (Lipinski definition) is 0. The minimum absolute atomic E-state index is 0.191. The summed E-state index contributed by atoms with van der Waals surface area (Å²) in [5, 5.41) is 0. The Labute approximate surface area is 201 Å². The van der Waals surface area contributed by atoms with Crippen LogP contribution >= 0.6 is 15.9 Å². The topological polar surface area (TPSA) is 94.6 Å². The first-order chi connectivity index (χ1) is 15.6. The van der Waals surface area contributed by atoms with Gasteiger partial charge in [0.25, 0.3) is 0 Å². The summed E-state index contributed by atoms with van der Waals surface area (Å²) in [6, 6.07) is 21.0. The molecule has 9 heteroatoms. The predicted molar refractivity (Wildman–Crippen MR) is 129 cm³/mol. The van der Waals surface area contributed by atoms with Crippen LogP contribution in [0.4, 0.5) is 0 Å². The number of sulfone groups is 2. The van der Waals surface area contributed by atoms with E-state index in [2.05, 4.69) is 22.5 Å². The van der Waals surface area contributed by atoms with Crippen LogP contribution in [0.3, 0.4) is 0 Å². The summed E-state index contributed by atoms with van der Waals surface area (Å²) in [7, 11) is -7.95. The van der Waals surface area contributed by atoms with Crippen molar-refractivity contribution in [1.82, 2.24) is 0 Å². The summed E-state index contributed by atoms with van der Waals surface area (Å²) in [5.41, 5.74) is -0.0228. The Morgan fingerprint density at radius 2 is 1.21 bits per heavy atom. The van der Waals surface area contributed by atoms with Gasteiger partial charge in [-0.1, -0.05) is 77.1 Å². The molecule has 3 aromatic carbocycles. The normalized spacial score (nSPS) is 12.8. The van der Waals surface area contributed by atoms with Gasteiger partial charge in [-0.2, -0.15) is 0 Å². The van der Waals surface area contributed by atoms with E-state index in [0.717, 1.165) is 7.11 Å². The zero-order valence-electron chi connectivity index (χ0n) is 17.6. The molecule has 172 valence electrons. The number of carbonyl (C=O) groups is 1. The Kier molecular flexibility index (Phi) is 7.56. The van der Waals surface area contributed by atoms with E-state index in [1.54, 1.807) is 36.4 Å². The van der Waals surface area contributed by atoms with Crippen LogP contribution in [0.5, 0.6) is 0 Å². The third-order valence-electron chi connectivity index (χ3n) is 5.09. The number of benzene rings is 3. The molecule has 0 fully saturated rings. The Balaban J connectivity index is 2.40. The molecule has 0 unspecified atom stereocenters. The molecular weight excluding hydrogens is 528 g/mol.